The first-order valence-corrected chi connectivity index (χ1v) is 4.19. The molecule has 0 aliphatic rings. The Hall–Kier alpha value is -1.97. The van der Waals surface area contributed by atoms with Crippen LogP contribution >= 0.6 is 0 Å². The highest BCUT2D eigenvalue weighted by Gasteiger charge is 1.97. The molecule has 1 rings (SSSR count). The van der Waals surface area contributed by atoms with E-state index in [0.717, 1.165) is 0 Å². The van der Waals surface area contributed by atoms with Gasteiger partial charge in [-0.2, -0.15) is 5.48 Å². The molecule has 4 nitrogen and oxygen atoms in total. The molecule has 74 valence electrons. The van der Waals surface area contributed by atoms with Gasteiger partial charge in [-0.25, -0.2) is 4.79 Å². The number of carbonyl (C=O) groups is 1. The van der Waals surface area contributed by atoms with Crippen molar-refractivity contribution in [3.63, 3.8) is 0 Å². The molecule has 0 heterocycles. The Bertz CT molecular complexity index is 298. The van der Waals surface area contributed by atoms with Crippen LogP contribution in [0.3, 0.4) is 0 Å². The van der Waals surface area contributed by atoms with Gasteiger partial charge in [0.25, 0.3) is 0 Å². The molecule has 0 aromatic heterocycles. The number of amides is 2. The van der Waals surface area contributed by atoms with Gasteiger partial charge in [0.05, 0.1) is 0 Å². The van der Waals surface area contributed by atoms with Gasteiger partial charge in [0, 0.05) is 6.54 Å². The minimum absolute atomic E-state index is 0.395. The molecule has 1 aromatic rings. The minimum atomic E-state index is -0.395. The summed E-state index contributed by atoms with van der Waals surface area (Å²) in [5.41, 5.74) is 2.24. The third-order valence-electron chi connectivity index (χ3n) is 1.41. The molecule has 0 radical (unpaired) electrons. The summed E-state index contributed by atoms with van der Waals surface area (Å²) in [5.74, 6) is 0.584. The Labute approximate surface area is 82.5 Å². The van der Waals surface area contributed by atoms with E-state index < -0.39 is 6.03 Å². The predicted molar refractivity (Wildman–Crippen MR) is 53.8 cm³/mol. The van der Waals surface area contributed by atoms with E-state index >= 15 is 0 Å². The van der Waals surface area contributed by atoms with Crippen LogP contribution in [0.5, 0.6) is 5.75 Å². The highest BCUT2D eigenvalue weighted by Crippen LogP contribution is 2.05. The number of para-hydroxylation sites is 1. The van der Waals surface area contributed by atoms with Crippen molar-refractivity contribution >= 4 is 6.03 Å². The molecule has 0 aliphatic heterocycles. The summed E-state index contributed by atoms with van der Waals surface area (Å²) in [6, 6.07) is 8.59. The van der Waals surface area contributed by atoms with Crippen molar-refractivity contribution in [2.24, 2.45) is 0 Å². The van der Waals surface area contributed by atoms with E-state index in [4.69, 9.17) is 4.84 Å². The number of urea groups is 1. The van der Waals surface area contributed by atoms with Gasteiger partial charge in [-0.1, -0.05) is 24.3 Å². The maximum atomic E-state index is 11.0. The van der Waals surface area contributed by atoms with Crippen molar-refractivity contribution in [1.29, 1.82) is 0 Å². The lowest BCUT2D eigenvalue weighted by Crippen LogP contribution is -2.37. The van der Waals surface area contributed by atoms with Crippen molar-refractivity contribution in [2.45, 2.75) is 0 Å². The van der Waals surface area contributed by atoms with Gasteiger partial charge >= 0.3 is 6.03 Å². The molecule has 0 saturated carbocycles. The van der Waals surface area contributed by atoms with E-state index in [-0.39, 0.29) is 0 Å². The summed E-state index contributed by atoms with van der Waals surface area (Å²) in [6.45, 7) is 3.87. The highest BCUT2D eigenvalue weighted by atomic mass is 16.7. The Kier molecular flexibility index (Phi) is 4.07. The summed E-state index contributed by atoms with van der Waals surface area (Å²) in [5, 5.41) is 2.51. The van der Waals surface area contributed by atoms with E-state index in [1.807, 2.05) is 18.2 Å². The summed E-state index contributed by atoms with van der Waals surface area (Å²) in [4.78, 5) is 15.9. The van der Waals surface area contributed by atoms with Gasteiger partial charge in [-0.05, 0) is 12.1 Å². The zero-order valence-corrected chi connectivity index (χ0v) is 7.69. The van der Waals surface area contributed by atoms with Crippen LogP contribution in [0.1, 0.15) is 0 Å². The molecule has 0 bridgehead atoms. The van der Waals surface area contributed by atoms with Crippen LogP contribution in [0.25, 0.3) is 0 Å². The van der Waals surface area contributed by atoms with Crippen molar-refractivity contribution in [2.75, 3.05) is 6.54 Å². The van der Waals surface area contributed by atoms with Crippen LogP contribution in [-0.4, -0.2) is 12.6 Å². The summed E-state index contributed by atoms with van der Waals surface area (Å²) in [7, 11) is 0. The first kappa shape index (κ1) is 10.1. The maximum absolute atomic E-state index is 11.0. The summed E-state index contributed by atoms with van der Waals surface area (Å²) < 4.78 is 0. The van der Waals surface area contributed by atoms with Gasteiger partial charge in [0.2, 0.25) is 0 Å². The SMILES string of the molecule is C=CCNC(=O)NOc1ccccc1. The quantitative estimate of drug-likeness (QED) is 0.560. The number of hydrogen-bond donors (Lipinski definition) is 2. The molecule has 2 amide bonds. The zero-order valence-electron chi connectivity index (χ0n) is 7.69. The Balaban J connectivity index is 2.27. The Morgan fingerprint density at radius 3 is 2.79 bits per heavy atom. The molecule has 4 heteroatoms. The smallest absolute Gasteiger partial charge is 0.348 e. The Morgan fingerprint density at radius 2 is 2.14 bits per heavy atom. The number of rotatable bonds is 4. The molecule has 0 saturated heterocycles. The van der Waals surface area contributed by atoms with E-state index in [9.17, 15) is 4.79 Å². The summed E-state index contributed by atoms with van der Waals surface area (Å²) in [6.07, 6.45) is 1.59. The van der Waals surface area contributed by atoms with Gasteiger partial charge in [-0.15, -0.1) is 6.58 Å². The third kappa shape index (κ3) is 3.62. The molecule has 0 atom stereocenters. The molecule has 0 unspecified atom stereocenters. The first-order chi connectivity index (χ1) is 6.83. The molecule has 0 fully saturated rings. The monoisotopic (exact) mass is 192 g/mol. The lowest BCUT2D eigenvalue weighted by molar-refractivity contribution is 0.179. The second-order valence-electron chi connectivity index (χ2n) is 2.52. The van der Waals surface area contributed by atoms with E-state index in [0.29, 0.717) is 12.3 Å². The van der Waals surface area contributed by atoms with Gasteiger partial charge in [0.15, 0.2) is 5.75 Å². The molecule has 0 aliphatic carbocycles. The molecular weight excluding hydrogens is 180 g/mol. The molecule has 14 heavy (non-hydrogen) atoms. The van der Waals surface area contributed by atoms with Gasteiger partial charge in [-0.3, -0.25) is 0 Å². The largest absolute Gasteiger partial charge is 0.378 e. The standard InChI is InChI=1S/C10H12N2O2/c1-2-8-11-10(13)12-14-9-6-4-3-5-7-9/h2-7H,1,8H2,(H2,11,12,13). The average molecular weight is 192 g/mol. The molecular formula is C10H12N2O2. The van der Waals surface area contributed by atoms with Crippen molar-refractivity contribution in [1.82, 2.24) is 10.8 Å². The molecule has 1 aromatic carbocycles. The van der Waals surface area contributed by atoms with Gasteiger partial charge in [0.1, 0.15) is 0 Å². The van der Waals surface area contributed by atoms with Crippen LogP contribution in [0, 0.1) is 0 Å². The van der Waals surface area contributed by atoms with Crippen LogP contribution in [0.2, 0.25) is 0 Å². The normalized spacial score (nSPS) is 8.86. The number of carbonyl (C=O) groups excluding carboxylic acids is 1. The lowest BCUT2D eigenvalue weighted by atomic mass is 10.3. The zero-order chi connectivity index (χ0) is 10.2. The predicted octanol–water partition coefficient (Wildman–Crippen LogP) is 1.47. The van der Waals surface area contributed by atoms with Crippen molar-refractivity contribution in [3.05, 3.63) is 43.0 Å². The van der Waals surface area contributed by atoms with E-state index in [2.05, 4.69) is 17.4 Å². The third-order valence-corrected chi connectivity index (χ3v) is 1.41. The first-order valence-electron chi connectivity index (χ1n) is 4.19. The fourth-order valence-electron chi connectivity index (χ4n) is 0.795. The van der Waals surface area contributed by atoms with Crippen molar-refractivity contribution < 1.29 is 9.63 Å². The second kappa shape index (κ2) is 5.64. The molecule has 0 spiro atoms. The average Bonchev–Trinajstić information content (AvgIpc) is 2.25. The van der Waals surface area contributed by atoms with Crippen LogP contribution in [-0.2, 0) is 0 Å². The number of benzene rings is 1. The minimum Gasteiger partial charge on any atom is -0.378 e. The van der Waals surface area contributed by atoms with E-state index in [1.54, 1.807) is 18.2 Å². The van der Waals surface area contributed by atoms with Crippen LogP contribution in [0.4, 0.5) is 4.79 Å². The number of hydrogen-bond acceptors (Lipinski definition) is 2. The second-order valence-corrected chi connectivity index (χ2v) is 2.52. The topological polar surface area (TPSA) is 50.4 Å². The highest BCUT2D eigenvalue weighted by molar-refractivity contribution is 5.73. The van der Waals surface area contributed by atoms with E-state index in [1.165, 1.54) is 0 Å². The fourth-order valence-corrected chi connectivity index (χ4v) is 0.795. The fraction of sp³-hybridized carbons (Fsp3) is 0.100. The van der Waals surface area contributed by atoms with Gasteiger partial charge < -0.3 is 10.2 Å². The van der Waals surface area contributed by atoms with Crippen molar-refractivity contribution in [3.8, 4) is 5.75 Å². The molecule has 2 N–H and O–H groups in total. The lowest BCUT2D eigenvalue weighted by Gasteiger charge is -2.06. The van der Waals surface area contributed by atoms with Crippen LogP contribution in [0.15, 0.2) is 43.0 Å². The Morgan fingerprint density at radius 1 is 1.43 bits per heavy atom. The maximum Gasteiger partial charge on any atom is 0.348 e. The summed E-state index contributed by atoms with van der Waals surface area (Å²) >= 11 is 0. The number of hydroxylamine groups is 1. The number of nitrogens with one attached hydrogen (secondary N) is 2. The van der Waals surface area contributed by atoms with Crippen LogP contribution < -0.4 is 15.6 Å².